The SMILES string of the molecule is CN(C)c1ccc(C[NH2+]CC[C@H](c2ccc(F)cc2)c2ccco2)cc1. The minimum Gasteiger partial charge on any atom is -0.469 e. The monoisotopic (exact) mass is 353 g/mol. The largest absolute Gasteiger partial charge is 0.469 e. The highest BCUT2D eigenvalue weighted by Gasteiger charge is 2.17. The second-order valence-electron chi connectivity index (χ2n) is 6.75. The van der Waals surface area contributed by atoms with Crippen LogP contribution in [-0.4, -0.2) is 20.6 Å². The first kappa shape index (κ1) is 18.2. The lowest BCUT2D eigenvalue weighted by atomic mass is 9.93. The molecule has 3 nitrogen and oxygen atoms in total. The molecule has 3 rings (SSSR count). The van der Waals surface area contributed by atoms with Gasteiger partial charge in [0.25, 0.3) is 0 Å². The van der Waals surface area contributed by atoms with E-state index in [0.717, 1.165) is 30.8 Å². The van der Waals surface area contributed by atoms with Gasteiger partial charge in [0, 0.05) is 37.7 Å². The molecule has 0 unspecified atom stereocenters. The molecule has 0 saturated carbocycles. The van der Waals surface area contributed by atoms with Gasteiger partial charge in [0.05, 0.1) is 12.8 Å². The van der Waals surface area contributed by atoms with E-state index in [4.69, 9.17) is 4.42 Å². The molecular formula is C22H26FN2O+. The van der Waals surface area contributed by atoms with E-state index in [-0.39, 0.29) is 11.7 Å². The molecule has 0 fully saturated rings. The second kappa shape index (κ2) is 8.68. The fourth-order valence-corrected chi connectivity index (χ4v) is 3.14. The van der Waals surface area contributed by atoms with Gasteiger partial charge in [-0.1, -0.05) is 24.3 Å². The lowest BCUT2D eigenvalue weighted by Gasteiger charge is -2.15. The minimum atomic E-state index is -0.209. The molecule has 4 heteroatoms. The molecular weight excluding hydrogens is 327 g/mol. The van der Waals surface area contributed by atoms with Gasteiger partial charge in [-0.3, -0.25) is 0 Å². The lowest BCUT2D eigenvalue weighted by Crippen LogP contribution is -2.82. The average Bonchev–Trinajstić information content (AvgIpc) is 3.17. The summed E-state index contributed by atoms with van der Waals surface area (Å²) in [6, 6.07) is 19.3. The van der Waals surface area contributed by atoms with Crippen LogP contribution in [0, 0.1) is 5.82 Å². The molecule has 26 heavy (non-hydrogen) atoms. The van der Waals surface area contributed by atoms with E-state index in [1.54, 1.807) is 6.26 Å². The summed E-state index contributed by atoms with van der Waals surface area (Å²) in [5, 5.41) is 2.31. The Morgan fingerprint density at radius 1 is 1.00 bits per heavy atom. The van der Waals surface area contributed by atoms with Gasteiger partial charge in [0.1, 0.15) is 18.1 Å². The number of hydrogen-bond acceptors (Lipinski definition) is 2. The summed E-state index contributed by atoms with van der Waals surface area (Å²) in [7, 11) is 4.09. The minimum absolute atomic E-state index is 0.151. The number of halogens is 1. The summed E-state index contributed by atoms with van der Waals surface area (Å²) < 4.78 is 18.9. The Morgan fingerprint density at radius 2 is 1.73 bits per heavy atom. The molecule has 2 aromatic carbocycles. The lowest BCUT2D eigenvalue weighted by molar-refractivity contribution is -0.671. The zero-order valence-corrected chi connectivity index (χ0v) is 15.4. The van der Waals surface area contributed by atoms with Crippen molar-refractivity contribution in [2.24, 2.45) is 0 Å². The third-order valence-corrected chi connectivity index (χ3v) is 4.65. The van der Waals surface area contributed by atoms with Gasteiger partial charge >= 0.3 is 0 Å². The van der Waals surface area contributed by atoms with Crippen molar-refractivity contribution in [2.75, 3.05) is 25.5 Å². The average molecular weight is 353 g/mol. The Kier molecular flexibility index (Phi) is 6.08. The molecule has 0 aliphatic heterocycles. The summed E-state index contributed by atoms with van der Waals surface area (Å²) in [6.45, 7) is 1.92. The molecule has 1 atom stereocenters. The molecule has 0 saturated heterocycles. The molecule has 1 aromatic heterocycles. The molecule has 0 amide bonds. The van der Waals surface area contributed by atoms with Crippen LogP contribution in [0.4, 0.5) is 10.1 Å². The molecule has 0 radical (unpaired) electrons. The molecule has 3 aromatic rings. The van der Waals surface area contributed by atoms with Crippen molar-refractivity contribution in [2.45, 2.75) is 18.9 Å². The zero-order valence-electron chi connectivity index (χ0n) is 15.4. The van der Waals surface area contributed by atoms with Crippen molar-refractivity contribution in [1.29, 1.82) is 0 Å². The number of quaternary nitrogens is 1. The van der Waals surface area contributed by atoms with E-state index in [1.807, 2.05) is 38.4 Å². The third kappa shape index (κ3) is 4.73. The van der Waals surface area contributed by atoms with E-state index in [9.17, 15) is 4.39 Å². The maximum atomic E-state index is 13.2. The van der Waals surface area contributed by atoms with Crippen molar-refractivity contribution in [3.63, 3.8) is 0 Å². The van der Waals surface area contributed by atoms with E-state index < -0.39 is 0 Å². The first-order valence-electron chi connectivity index (χ1n) is 9.00. The predicted octanol–water partition coefficient (Wildman–Crippen LogP) is 3.77. The highest BCUT2D eigenvalue weighted by molar-refractivity contribution is 5.45. The van der Waals surface area contributed by atoms with E-state index >= 15 is 0 Å². The van der Waals surface area contributed by atoms with Crippen LogP contribution in [0.5, 0.6) is 0 Å². The van der Waals surface area contributed by atoms with Crippen molar-refractivity contribution < 1.29 is 14.1 Å². The Hall–Kier alpha value is -2.59. The highest BCUT2D eigenvalue weighted by Crippen LogP contribution is 2.27. The van der Waals surface area contributed by atoms with E-state index in [1.165, 1.54) is 23.4 Å². The van der Waals surface area contributed by atoms with Gasteiger partial charge in [-0.05, 0) is 42.0 Å². The van der Waals surface area contributed by atoms with Gasteiger partial charge in [0.15, 0.2) is 0 Å². The fraction of sp³-hybridized carbons (Fsp3) is 0.273. The van der Waals surface area contributed by atoms with Crippen molar-refractivity contribution in [3.8, 4) is 0 Å². The number of anilines is 1. The van der Waals surface area contributed by atoms with Gasteiger partial charge in [-0.25, -0.2) is 4.39 Å². The quantitative estimate of drug-likeness (QED) is 0.625. The standard InChI is InChI=1S/C22H25FN2O/c1-25(2)20-11-5-17(6-12-20)16-24-14-13-21(22-4-3-15-26-22)18-7-9-19(23)10-8-18/h3-12,15,21,24H,13-14,16H2,1-2H3/p+1/t21-/m1/s1. The molecule has 0 bridgehead atoms. The van der Waals surface area contributed by atoms with Crippen LogP contribution in [0.2, 0.25) is 0 Å². The normalized spacial score (nSPS) is 12.1. The van der Waals surface area contributed by atoms with Crippen LogP contribution in [0.3, 0.4) is 0 Å². The maximum Gasteiger partial charge on any atom is 0.123 e. The topological polar surface area (TPSA) is 33.0 Å². The first-order valence-corrected chi connectivity index (χ1v) is 9.00. The van der Waals surface area contributed by atoms with Gasteiger partial charge < -0.3 is 14.6 Å². The molecule has 2 N–H and O–H groups in total. The molecule has 1 heterocycles. The molecule has 136 valence electrons. The van der Waals surface area contributed by atoms with Crippen LogP contribution in [0.25, 0.3) is 0 Å². The summed E-state index contributed by atoms with van der Waals surface area (Å²) in [5.41, 5.74) is 3.61. The summed E-state index contributed by atoms with van der Waals surface area (Å²) in [5.74, 6) is 0.873. The van der Waals surface area contributed by atoms with Crippen molar-refractivity contribution >= 4 is 5.69 Å². The van der Waals surface area contributed by atoms with Gasteiger partial charge in [-0.2, -0.15) is 0 Å². The predicted molar refractivity (Wildman–Crippen MR) is 103 cm³/mol. The maximum absolute atomic E-state index is 13.2. The Balaban J connectivity index is 1.57. The smallest absolute Gasteiger partial charge is 0.123 e. The Bertz CT molecular complexity index is 780. The Labute approximate surface area is 154 Å². The van der Waals surface area contributed by atoms with Crippen LogP contribution in [-0.2, 0) is 6.54 Å². The number of hydrogen-bond donors (Lipinski definition) is 1. The van der Waals surface area contributed by atoms with E-state index in [0.29, 0.717) is 0 Å². The van der Waals surface area contributed by atoms with Crippen molar-refractivity contribution in [1.82, 2.24) is 0 Å². The van der Waals surface area contributed by atoms with Crippen molar-refractivity contribution in [3.05, 3.63) is 89.6 Å². The molecule has 0 aliphatic carbocycles. The first-order chi connectivity index (χ1) is 12.6. The number of rotatable bonds is 8. The number of nitrogens with zero attached hydrogens (tertiary/aromatic N) is 1. The van der Waals surface area contributed by atoms with E-state index in [2.05, 4.69) is 34.5 Å². The summed E-state index contributed by atoms with van der Waals surface area (Å²) in [6.07, 6.45) is 2.64. The molecule has 0 spiro atoms. The summed E-state index contributed by atoms with van der Waals surface area (Å²) in [4.78, 5) is 2.10. The van der Waals surface area contributed by atoms with Gasteiger partial charge in [0.2, 0.25) is 0 Å². The summed E-state index contributed by atoms with van der Waals surface area (Å²) >= 11 is 0. The van der Waals surface area contributed by atoms with Gasteiger partial charge in [-0.15, -0.1) is 0 Å². The van der Waals surface area contributed by atoms with Crippen LogP contribution < -0.4 is 10.2 Å². The number of furan rings is 1. The molecule has 0 aliphatic rings. The highest BCUT2D eigenvalue weighted by atomic mass is 19.1. The fourth-order valence-electron chi connectivity index (χ4n) is 3.14. The zero-order chi connectivity index (χ0) is 18.4. The van der Waals surface area contributed by atoms with Crippen LogP contribution in [0.1, 0.15) is 29.2 Å². The van der Waals surface area contributed by atoms with Crippen LogP contribution >= 0.6 is 0 Å². The second-order valence-corrected chi connectivity index (χ2v) is 6.75. The third-order valence-electron chi connectivity index (χ3n) is 4.65. The number of benzene rings is 2. The number of nitrogens with two attached hydrogens (primary N) is 1. The van der Waals surface area contributed by atoms with Crippen LogP contribution in [0.15, 0.2) is 71.3 Å². The Morgan fingerprint density at radius 3 is 2.35 bits per heavy atom.